The van der Waals surface area contributed by atoms with Gasteiger partial charge < -0.3 is 9.04 Å². The van der Waals surface area contributed by atoms with Gasteiger partial charge in [0.25, 0.3) is 0 Å². The lowest BCUT2D eigenvalue weighted by Gasteiger charge is -2.30. The first-order valence-corrected chi connectivity index (χ1v) is 11.6. The number of hydrogen-bond donors (Lipinski definition) is 0. The summed E-state index contributed by atoms with van der Waals surface area (Å²) in [5.41, 5.74) is 0. The molecule has 4 nitrogen and oxygen atoms in total. The fourth-order valence-corrected chi connectivity index (χ4v) is 3.64. The van der Waals surface area contributed by atoms with Crippen molar-refractivity contribution >= 4 is 10.1 Å². The van der Waals surface area contributed by atoms with Crippen LogP contribution < -0.4 is 0 Å². The van der Waals surface area contributed by atoms with Crippen LogP contribution in [-0.4, -0.2) is 50.4 Å². The van der Waals surface area contributed by atoms with Crippen LogP contribution in [0.5, 0.6) is 0 Å². The predicted octanol–water partition coefficient (Wildman–Crippen LogP) is 4.70. The summed E-state index contributed by atoms with van der Waals surface area (Å²) in [6.45, 7) is 4.09. The largest absolute Gasteiger partial charge is 0.748 e. The Kier molecular flexibility index (Phi) is 14.0. The van der Waals surface area contributed by atoms with Gasteiger partial charge in [-0.15, -0.1) is 0 Å². The van der Waals surface area contributed by atoms with Crippen molar-refractivity contribution in [3.8, 4) is 0 Å². The molecule has 0 N–H and O–H groups in total. The number of rotatable bonds is 17. The summed E-state index contributed by atoms with van der Waals surface area (Å²) in [5.74, 6) is -0.229. The maximum absolute atomic E-state index is 10.6. The highest BCUT2D eigenvalue weighted by molar-refractivity contribution is 7.85. The molecule has 0 saturated carbocycles. The van der Waals surface area contributed by atoms with Crippen LogP contribution in [0.15, 0.2) is 0 Å². The van der Waals surface area contributed by atoms with E-state index in [9.17, 15) is 13.0 Å². The summed E-state index contributed by atoms with van der Waals surface area (Å²) < 4.78 is 32.7. The van der Waals surface area contributed by atoms with Gasteiger partial charge in [0, 0.05) is 12.2 Å². The van der Waals surface area contributed by atoms with Gasteiger partial charge in [0.1, 0.15) is 0 Å². The summed E-state index contributed by atoms with van der Waals surface area (Å²) in [6, 6.07) is 0. The predicted molar refractivity (Wildman–Crippen MR) is 102 cm³/mol. The van der Waals surface area contributed by atoms with Gasteiger partial charge in [0.2, 0.25) is 0 Å². The Balaban J connectivity index is 3.39. The Bertz CT molecular complexity index is 380. The molecule has 0 aliphatic heterocycles. The molecular weight excluding hydrogens is 322 g/mol. The minimum atomic E-state index is -4.05. The van der Waals surface area contributed by atoms with Crippen LogP contribution in [-0.2, 0) is 10.1 Å². The fourth-order valence-electron chi connectivity index (χ4n) is 3.16. The quantitative estimate of drug-likeness (QED) is 0.214. The normalized spacial score (nSPS) is 12.7. The van der Waals surface area contributed by atoms with Gasteiger partial charge >= 0.3 is 0 Å². The van der Waals surface area contributed by atoms with Crippen molar-refractivity contribution in [2.75, 3.05) is 32.9 Å². The van der Waals surface area contributed by atoms with Crippen LogP contribution in [0.4, 0.5) is 0 Å². The maximum Gasteiger partial charge on any atom is 0.0948 e. The van der Waals surface area contributed by atoms with Crippen LogP contribution in [0.2, 0.25) is 0 Å². The Morgan fingerprint density at radius 2 is 1.04 bits per heavy atom. The van der Waals surface area contributed by atoms with Crippen LogP contribution in [0, 0.1) is 0 Å². The smallest absolute Gasteiger partial charge is 0.0948 e. The first-order chi connectivity index (χ1) is 11.3. The second-order valence-electron chi connectivity index (χ2n) is 7.89. The van der Waals surface area contributed by atoms with E-state index in [1.165, 1.54) is 77.0 Å². The molecule has 0 radical (unpaired) electrons. The molecule has 0 aliphatic rings. The van der Waals surface area contributed by atoms with E-state index in [2.05, 4.69) is 21.0 Å². The van der Waals surface area contributed by atoms with Gasteiger partial charge in [0.05, 0.1) is 37.3 Å². The number of hydrogen-bond acceptors (Lipinski definition) is 3. The summed E-state index contributed by atoms with van der Waals surface area (Å²) in [6.07, 6.45) is 16.7. The Hall–Kier alpha value is -0.130. The molecule has 0 atom stereocenters. The number of nitrogens with zero attached hydrogens (tertiary/aromatic N) is 1. The second-order valence-corrected chi connectivity index (χ2v) is 9.41. The molecule has 0 amide bonds. The van der Waals surface area contributed by atoms with Crippen molar-refractivity contribution in [1.82, 2.24) is 0 Å². The molecular formula is C19H41NO3S. The average Bonchev–Trinajstić information content (AvgIpc) is 2.46. The highest BCUT2D eigenvalue weighted by Crippen LogP contribution is 2.13. The van der Waals surface area contributed by atoms with E-state index in [1.54, 1.807) is 0 Å². The average molecular weight is 364 g/mol. The maximum atomic E-state index is 10.6. The lowest BCUT2D eigenvalue weighted by molar-refractivity contribution is -0.890. The van der Waals surface area contributed by atoms with Gasteiger partial charge in [-0.2, -0.15) is 0 Å². The molecule has 0 aromatic rings. The molecule has 0 aliphatic carbocycles. The van der Waals surface area contributed by atoms with Gasteiger partial charge in [0.15, 0.2) is 0 Å². The molecule has 5 heteroatoms. The van der Waals surface area contributed by atoms with Crippen molar-refractivity contribution in [1.29, 1.82) is 0 Å². The summed E-state index contributed by atoms with van der Waals surface area (Å²) in [4.78, 5) is 0. The SMILES string of the molecule is CCCCCCCCCCCCCC[N+](C)(C)CCCS(=O)(=O)[O-]. The van der Waals surface area contributed by atoms with E-state index in [1.807, 2.05) is 0 Å². The third-order valence-corrected chi connectivity index (χ3v) is 5.56. The monoisotopic (exact) mass is 363 g/mol. The van der Waals surface area contributed by atoms with Gasteiger partial charge in [-0.3, -0.25) is 0 Å². The molecule has 0 unspecified atom stereocenters. The summed E-state index contributed by atoms with van der Waals surface area (Å²) in [7, 11) is 0.188. The van der Waals surface area contributed by atoms with Crippen molar-refractivity contribution in [3.05, 3.63) is 0 Å². The topological polar surface area (TPSA) is 57.2 Å². The van der Waals surface area contributed by atoms with E-state index in [-0.39, 0.29) is 5.75 Å². The van der Waals surface area contributed by atoms with Gasteiger partial charge in [-0.05, 0) is 12.8 Å². The standard InChI is InChI=1S/C19H41NO3S/c1-4-5-6-7-8-9-10-11-12-13-14-15-17-20(2,3)18-16-19-24(21,22)23/h4-19H2,1-3H3. The highest BCUT2D eigenvalue weighted by Gasteiger charge is 2.14. The van der Waals surface area contributed by atoms with E-state index in [0.29, 0.717) is 6.42 Å². The highest BCUT2D eigenvalue weighted by atomic mass is 32.2. The van der Waals surface area contributed by atoms with Crippen LogP contribution in [0.1, 0.15) is 90.4 Å². The van der Waals surface area contributed by atoms with E-state index in [0.717, 1.165) is 17.6 Å². The van der Waals surface area contributed by atoms with Crippen molar-refractivity contribution in [2.45, 2.75) is 90.4 Å². The van der Waals surface area contributed by atoms with E-state index >= 15 is 0 Å². The third-order valence-electron chi connectivity index (χ3n) is 4.77. The molecule has 0 spiro atoms. The first kappa shape index (κ1) is 23.9. The minimum Gasteiger partial charge on any atom is -0.748 e. The molecule has 0 rings (SSSR count). The zero-order valence-corrected chi connectivity index (χ0v) is 17.2. The fraction of sp³-hybridized carbons (Fsp3) is 1.00. The zero-order valence-electron chi connectivity index (χ0n) is 16.4. The van der Waals surface area contributed by atoms with Crippen LogP contribution in [0.25, 0.3) is 0 Å². The van der Waals surface area contributed by atoms with Crippen molar-refractivity contribution in [3.63, 3.8) is 0 Å². The van der Waals surface area contributed by atoms with Gasteiger partial charge in [-0.1, -0.05) is 71.1 Å². The molecule has 0 saturated heterocycles. The zero-order chi connectivity index (χ0) is 18.3. The molecule has 0 fully saturated rings. The van der Waals surface area contributed by atoms with E-state index < -0.39 is 10.1 Å². The second kappa shape index (κ2) is 14.1. The van der Waals surface area contributed by atoms with Crippen LogP contribution >= 0.6 is 0 Å². The molecule has 0 bridgehead atoms. The van der Waals surface area contributed by atoms with Crippen molar-refractivity contribution < 1.29 is 17.5 Å². The molecule has 0 heterocycles. The number of unbranched alkanes of at least 4 members (excludes halogenated alkanes) is 11. The van der Waals surface area contributed by atoms with Gasteiger partial charge in [-0.25, -0.2) is 8.42 Å². The molecule has 0 aromatic heterocycles. The van der Waals surface area contributed by atoms with Crippen LogP contribution in [0.3, 0.4) is 0 Å². The Morgan fingerprint density at radius 3 is 1.46 bits per heavy atom. The lowest BCUT2D eigenvalue weighted by Crippen LogP contribution is -2.41. The molecule has 0 aromatic carbocycles. The summed E-state index contributed by atoms with van der Waals surface area (Å²) in [5, 5.41) is 0. The van der Waals surface area contributed by atoms with E-state index in [4.69, 9.17) is 0 Å². The molecule has 24 heavy (non-hydrogen) atoms. The summed E-state index contributed by atoms with van der Waals surface area (Å²) >= 11 is 0. The third kappa shape index (κ3) is 18.2. The Labute approximate surface area is 151 Å². The molecule has 146 valence electrons. The Morgan fingerprint density at radius 1 is 0.667 bits per heavy atom. The lowest BCUT2D eigenvalue weighted by atomic mass is 10.1. The minimum absolute atomic E-state index is 0.229. The first-order valence-electron chi connectivity index (χ1n) is 10.0. The number of quaternary nitrogens is 1. The van der Waals surface area contributed by atoms with Crippen molar-refractivity contribution in [2.24, 2.45) is 0 Å².